The molecule has 0 radical (unpaired) electrons. The van der Waals surface area contributed by atoms with E-state index in [2.05, 4.69) is 20.8 Å². The minimum Gasteiger partial charge on any atom is -0.484 e. The summed E-state index contributed by atoms with van der Waals surface area (Å²) in [5.41, 5.74) is -0.414. The fourth-order valence-electron chi connectivity index (χ4n) is 3.37. The number of para-hydroxylation sites is 1. The van der Waals surface area contributed by atoms with Gasteiger partial charge in [0.15, 0.2) is 17.6 Å². The number of halogens is 5. The normalized spacial score (nSPS) is 11.2. The Hall–Kier alpha value is -3.74. The molecule has 2 N–H and O–H groups in total. The molecule has 0 bridgehead atoms. The number of amides is 2. The lowest BCUT2D eigenvalue weighted by atomic mass is 10.2. The maximum Gasteiger partial charge on any atom is 0.416 e. The van der Waals surface area contributed by atoms with Gasteiger partial charge in [0.2, 0.25) is 5.91 Å². The van der Waals surface area contributed by atoms with Crippen molar-refractivity contribution in [1.82, 2.24) is 20.1 Å². The predicted molar refractivity (Wildman–Crippen MR) is 146 cm³/mol. The van der Waals surface area contributed by atoms with Crippen molar-refractivity contribution in [3.63, 3.8) is 0 Å². The Morgan fingerprint density at radius 2 is 1.68 bits per heavy atom. The Bertz CT molecular complexity index is 1490. The van der Waals surface area contributed by atoms with Crippen molar-refractivity contribution in [3.05, 3.63) is 94.2 Å². The topological polar surface area (TPSA) is 98.1 Å². The van der Waals surface area contributed by atoms with E-state index in [9.17, 15) is 22.8 Å². The van der Waals surface area contributed by atoms with Gasteiger partial charge in [0.05, 0.1) is 28.6 Å². The van der Waals surface area contributed by atoms with Crippen molar-refractivity contribution in [2.45, 2.75) is 17.9 Å². The van der Waals surface area contributed by atoms with Gasteiger partial charge >= 0.3 is 6.18 Å². The molecule has 40 heavy (non-hydrogen) atoms. The van der Waals surface area contributed by atoms with Crippen LogP contribution in [0.4, 0.5) is 18.9 Å². The van der Waals surface area contributed by atoms with Crippen LogP contribution >= 0.6 is 35.0 Å². The minimum absolute atomic E-state index is 0.0112. The number of benzene rings is 3. The molecule has 0 fully saturated rings. The summed E-state index contributed by atoms with van der Waals surface area (Å²) in [5, 5.41) is 14.3. The first kappa shape index (κ1) is 29.2. The fraction of sp³-hybridized carbons (Fsp3) is 0.154. The number of aromatic nitrogens is 3. The quantitative estimate of drug-likeness (QED) is 0.213. The molecule has 0 aliphatic rings. The number of hydrogen-bond donors (Lipinski definition) is 2. The van der Waals surface area contributed by atoms with Crippen molar-refractivity contribution >= 4 is 52.5 Å². The minimum atomic E-state index is -4.58. The fourth-order valence-corrected chi connectivity index (χ4v) is 4.43. The van der Waals surface area contributed by atoms with E-state index in [1.54, 1.807) is 53.1 Å². The van der Waals surface area contributed by atoms with Crippen LogP contribution in [0.3, 0.4) is 0 Å². The average Bonchev–Trinajstić information content (AvgIpc) is 3.34. The number of hydrogen-bond acceptors (Lipinski definition) is 6. The molecule has 208 valence electrons. The van der Waals surface area contributed by atoms with E-state index in [0.717, 1.165) is 30.0 Å². The number of nitrogens with zero attached hydrogens (tertiary/aromatic N) is 3. The molecule has 4 rings (SSSR count). The molecule has 8 nitrogen and oxygen atoms in total. The lowest BCUT2D eigenvalue weighted by Gasteiger charge is -2.12. The van der Waals surface area contributed by atoms with Crippen molar-refractivity contribution in [1.29, 1.82) is 0 Å². The van der Waals surface area contributed by atoms with Gasteiger partial charge in [-0.25, -0.2) is 0 Å². The van der Waals surface area contributed by atoms with Crippen LogP contribution in [0.2, 0.25) is 10.0 Å². The van der Waals surface area contributed by atoms with Gasteiger partial charge in [-0.05, 0) is 54.6 Å². The molecule has 1 heterocycles. The zero-order valence-corrected chi connectivity index (χ0v) is 22.7. The highest BCUT2D eigenvalue weighted by molar-refractivity contribution is 7.99. The summed E-state index contributed by atoms with van der Waals surface area (Å²) in [6, 6.07) is 18.3. The van der Waals surface area contributed by atoms with Crippen LogP contribution in [0, 0.1) is 0 Å². The highest BCUT2D eigenvalue weighted by Crippen LogP contribution is 2.34. The molecule has 2 amide bonds. The molecule has 0 atom stereocenters. The maximum absolute atomic E-state index is 13.0. The standard InChI is InChI=1S/C26H20Cl2F3N5O3S/c27-17-7-9-19(10-8-17)39-14-23(37)32-13-22-34-35-25(36(22)18-4-2-1-3-5-18)40-15-24(38)33-21-12-16(26(29,30)31)6-11-20(21)28/h1-12H,13-15H2,(H,32,37)(H,33,38). The van der Waals surface area contributed by atoms with Crippen LogP contribution in [0.1, 0.15) is 11.4 Å². The van der Waals surface area contributed by atoms with Crippen molar-refractivity contribution in [2.75, 3.05) is 17.7 Å². The second kappa shape index (κ2) is 13.1. The smallest absolute Gasteiger partial charge is 0.416 e. The third kappa shape index (κ3) is 7.90. The molecule has 0 aliphatic heterocycles. The summed E-state index contributed by atoms with van der Waals surface area (Å²) >= 11 is 12.8. The molecule has 3 aromatic carbocycles. The van der Waals surface area contributed by atoms with E-state index < -0.39 is 23.6 Å². The number of anilines is 1. The summed E-state index contributed by atoms with van der Waals surface area (Å²) in [6.07, 6.45) is -4.58. The molecular weight excluding hydrogens is 590 g/mol. The summed E-state index contributed by atoms with van der Waals surface area (Å²) < 4.78 is 46.2. The van der Waals surface area contributed by atoms with Crippen LogP contribution in [0.15, 0.2) is 78.0 Å². The third-order valence-corrected chi connectivity index (χ3v) is 6.75. The monoisotopic (exact) mass is 609 g/mol. The van der Waals surface area contributed by atoms with Crippen molar-refractivity contribution in [3.8, 4) is 11.4 Å². The molecule has 0 spiro atoms. The number of ether oxygens (including phenoxy) is 1. The number of carbonyl (C=O) groups is 2. The summed E-state index contributed by atoms with van der Waals surface area (Å²) in [6.45, 7) is -0.224. The van der Waals surface area contributed by atoms with Crippen LogP contribution in [0.25, 0.3) is 5.69 Å². The zero-order valence-electron chi connectivity index (χ0n) is 20.4. The number of alkyl halides is 3. The Morgan fingerprint density at radius 3 is 2.38 bits per heavy atom. The predicted octanol–water partition coefficient (Wildman–Crippen LogP) is 6.02. The van der Waals surface area contributed by atoms with Crippen molar-refractivity contribution < 1.29 is 27.5 Å². The summed E-state index contributed by atoms with van der Waals surface area (Å²) in [5.74, 6) is -0.323. The van der Waals surface area contributed by atoms with E-state index in [1.165, 1.54) is 0 Å². The third-order valence-electron chi connectivity index (χ3n) is 5.24. The second-order valence-electron chi connectivity index (χ2n) is 8.12. The van der Waals surface area contributed by atoms with E-state index in [-0.39, 0.29) is 29.6 Å². The largest absolute Gasteiger partial charge is 0.484 e. The first-order valence-corrected chi connectivity index (χ1v) is 13.3. The Labute approximate surface area is 240 Å². The number of carbonyl (C=O) groups excluding carboxylic acids is 2. The van der Waals surface area contributed by atoms with Gasteiger partial charge in [-0.2, -0.15) is 13.2 Å². The van der Waals surface area contributed by atoms with Crippen molar-refractivity contribution in [2.24, 2.45) is 0 Å². The average molecular weight is 610 g/mol. The molecule has 0 saturated carbocycles. The van der Waals surface area contributed by atoms with Crippen LogP contribution < -0.4 is 15.4 Å². The van der Waals surface area contributed by atoms with E-state index in [0.29, 0.717) is 27.4 Å². The molecule has 0 saturated heterocycles. The highest BCUT2D eigenvalue weighted by atomic mass is 35.5. The van der Waals surface area contributed by atoms with Gasteiger partial charge in [-0.3, -0.25) is 14.2 Å². The number of thioether (sulfide) groups is 1. The Balaban J connectivity index is 1.41. The van der Waals surface area contributed by atoms with Gasteiger partial charge in [-0.15, -0.1) is 10.2 Å². The summed E-state index contributed by atoms with van der Waals surface area (Å²) in [4.78, 5) is 24.9. The second-order valence-corrected chi connectivity index (χ2v) is 9.90. The van der Waals surface area contributed by atoms with E-state index in [1.807, 2.05) is 6.07 Å². The van der Waals surface area contributed by atoms with Gasteiger partial charge in [0, 0.05) is 10.7 Å². The van der Waals surface area contributed by atoms with Gasteiger partial charge in [0.1, 0.15) is 5.75 Å². The number of rotatable bonds is 10. The molecule has 4 aromatic rings. The summed E-state index contributed by atoms with van der Waals surface area (Å²) in [7, 11) is 0. The number of nitrogens with one attached hydrogen (secondary N) is 2. The Kier molecular flexibility index (Phi) is 9.56. The lowest BCUT2D eigenvalue weighted by molar-refractivity contribution is -0.137. The SMILES string of the molecule is O=C(COc1ccc(Cl)cc1)NCc1nnc(SCC(=O)Nc2cc(C(F)(F)F)ccc2Cl)n1-c1ccccc1. The Morgan fingerprint density at radius 1 is 0.950 bits per heavy atom. The first-order chi connectivity index (χ1) is 19.1. The maximum atomic E-state index is 13.0. The molecular formula is C26H20Cl2F3N5O3S. The molecule has 0 unspecified atom stereocenters. The molecule has 1 aromatic heterocycles. The molecule has 14 heteroatoms. The van der Waals surface area contributed by atoms with Crippen LogP contribution in [0.5, 0.6) is 5.75 Å². The van der Waals surface area contributed by atoms with E-state index in [4.69, 9.17) is 27.9 Å². The van der Waals surface area contributed by atoms with Gasteiger partial charge in [-0.1, -0.05) is 53.2 Å². The highest BCUT2D eigenvalue weighted by Gasteiger charge is 2.31. The van der Waals surface area contributed by atoms with Crippen LogP contribution in [-0.4, -0.2) is 38.9 Å². The van der Waals surface area contributed by atoms with E-state index >= 15 is 0 Å². The molecule has 0 aliphatic carbocycles. The lowest BCUT2D eigenvalue weighted by Crippen LogP contribution is -2.29. The first-order valence-electron chi connectivity index (χ1n) is 11.5. The zero-order chi connectivity index (χ0) is 28.7. The van der Waals surface area contributed by atoms with Crippen LogP contribution in [-0.2, 0) is 22.3 Å². The van der Waals surface area contributed by atoms with Gasteiger partial charge in [0.25, 0.3) is 5.91 Å². The van der Waals surface area contributed by atoms with Gasteiger partial charge < -0.3 is 15.4 Å².